The van der Waals surface area contributed by atoms with Crippen LogP contribution in [0.15, 0.2) is 27.5 Å². The van der Waals surface area contributed by atoms with E-state index in [1.807, 2.05) is 12.1 Å². The second kappa shape index (κ2) is 5.65. The minimum absolute atomic E-state index is 0.0963. The predicted molar refractivity (Wildman–Crippen MR) is 90.7 cm³/mol. The molecule has 1 N–H and O–H groups in total. The zero-order valence-corrected chi connectivity index (χ0v) is 14.7. The van der Waals surface area contributed by atoms with E-state index < -0.39 is 10.0 Å². The Labute approximate surface area is 131 Å². The third-order valence-electron chi connectivity index (χ3n) is 3.12. The van der Waals surface area contributed by atoms with Gasteiger partial charge in [-0.1, -0.05) is 52.4 Å². The van der Waals surface area contributed by atoms with Crippen LogP contribution in [0.3, 0.4) is 0 Å². The molecule has 1 heterocycles. The number of rotatable bonds is 2. The molecule has 1 aliphatic heterocycles. The van der Waals surface area contributed by atoms with Crippen molar-refractivity contribution in [3.63, 3.8) is 0 Å². The third-order valence-corrected chi connectivity index (χ3v) is 5.86. The van der Waals surface area contributed by atoms with Gasteiger partial charge >= 0.3 is 0 Å². The highest BCUT2D eigenvalue weighted by molar-refractivity contribution is 8.14. The average molecular weight is 326 g/mol. The summed E-state index contributed by atoms with van der Waals surface area (Å²) in [5.74, 6) is 1.31. The molecule has 1 aromatic carbocycles. The molecule has 0 amide bonds. The van der Waals surface area contributed by atoms with E-state index in [0.29, 0.717) is 16.8 Å². The topological polar surface area (TPSA) is 58.5 Å². The summed E-state index contributed by atoms with van der Waals surface area (Å²) in [5.41, 5.74) is 1.50. The van der Waals surface area contributed by atoms with Crippen LogP contribution in [0.25, 0.3) is 0 Å². The van der Waals surface area contributed by atoms with Gasteiger partial charge in [-0.15, -0.1) is 4.40 Å². The molecule has 0 unspecified atom stereocenters. The Hall–Kier alpha value is -1.01. The molecule has 0 radical (unpaired) electrons. The molecular formula is C15H22N2O2S2. The standard InChI is InChI=1S/C15H22N2O2S2/c1-10(2)9-20-14-16-12-7-6-11(15(3,4)5)8-13(12)21(18,19)17-14/h6-8,10H,9H2,1-5H3,(H,16,17). The summed E-state index contributed by atoms with van der Waals surface area (Å²) in [7, 11) is -3.62. The van der Waals surface area contributed by atoms with Crippen LogP contribution in [0.2, 0.25) is 0 Å². The number of hydrogen-bond acceptors (Lipinski definition) is 4. The van der Waals surface area contributed by atoms with Gasteiger partial charge in [0, 0.05) is 5.75 Å². The van der Waals surface area contributed by atoms with Gasteiger partial charge in [-0.3, -0.25) is 0 Å². The molecule has 2 rings (SSSR count). The fourth-order valence-corrected chi connectivity index (χ4v) is 4.12. The molecule has 0 bridgehead atoms. The maximum Gasteiger partial charge on any atom is 0.286 e. The van der Waals surface area contributed by atoms with E-state index in [1.54, 1.807) is 6.07 Å². The lowest BCUT2D eigenvalue weighted by molar-refractivity contribution is 0.584. The van der Waals surface area contributed by atoms with Crippen molar-refractivity contribution in [1.29, 1.82) is 0 Å². The molecule has 0 aliphatic carbocycles. The summed E-state index contributed by atoms with van der Waals surface area (Å²) >= 11 is 1.44. The van der Waals surface area contributed by atoms with Crippen molar-refractivity contribution >= 4 is 32.6 Å². The van der Waals surface area contributed by atoms with Crippen LogP contribution < -0.4 is 5.32 Å². The van der Waals surface area contributed by atoms with Crippen LogP contribution in [-0.4, -0.2) is 19.3 Å². The first-order valence-corrected chi connectivity index (χ1v) is 9.41. The van der Waals surface area contributed by atoms with Gasteiger partial charge in [0.05, 0.1) is 5.69 Å². The molecule has 0 saturated heterocycles. The van der Waals surface area contributed by atoms with Gasteiger partial charge in [0.15, 0.2) is 5.17 Å². The Bertz CT molecular complexity index is 671. The van der Waals surface area contributed by atoms with Gasteiger partial charge < -0.3 is 5.32 Å². The minimum atomic E-state index is -3.62. The Morgan fingerprint density at radius 3 is 2.52 bits per heavy atom. The van der Waals surface area contributed by atoms with Gasteiger partial charge in [0.2, 0.25) is 0 Å². The molecule has 1 aliphatic rings. The molecule has 0 spiro atoms. The monoisotopic (exact) mass is 326 g/mol. The molecule has 0 atom stereocenters. The molecule has 0 saturated carbocycles. The number of thioether (sulfide) groups is 1. The van der Waals surface area contributed by atoms with Gasteiger partial charge in [-0.05, 0) is 29.0 Å². The molecule has 21 heavy (non-hydrogen) atoms. The summed E-state index contributed by atoms with van der Waals surface area (Å²) in [5, 5.41) is 3.58. The molecule has 0 fully saturated rings. The Morgan fingerprint density at radius 2 is 1.95 bits per heavy atom. The van der Waals surface area contributed by atoms with E-state index in [0.717, 1.165) is 11.3 Å². The lowest BCUT2D eigenvalue weighted by atomic mass is 9.87. The molecular weight excluding hydrogens is 304 g/mol. The number of sulfonamides is 1. The van der Waals surface area contributed by atoms with Crippen LogP contribution in [0.4, 0.5) is 5.69 Å². The van der Waals surface area contributed by atoms with E-state index in [4.69, 9.17) is 0 Å². The number of amidine groups is 1. The Kier molecular flexibility index (Phi) is 4.40. The number of nitrogens with one attached hydrogen (secondary N) is 1. The second-order valence-electron chi connectivity index (χ2n) is 6.66. The van der Waals surface area contributed by atoms with E-state index in [9.17, 15) is 8.42 Å². The summed E-state index contributed by atoms with van der Waals surface area (Å²) < 4.78 is 28.6. The van der Waals surface area contributed by atoms with Crippen LogP contribution in [0.1, 0.15) is 40.2 Å². The van der Waals surface area contributed by atoms with Crippen molar-refractivity contribution in [3.8, 4) is 0 Å². The highest BCUT2D eigenvalue weighted by Gasteiger charge is 2.27. The lowest BCUT2D eigenvalue weighted by Gasteiger charge is -2.23. The fraction of sp³-hybridized carbons (Fsp3) is 0.533. The first kappa shape index (κ1) is 16.4. The minimum Gasteiger partial charge on any atom is -0.333 e. The summed E-state index contributed by atoms with van der Waals surface area (Å²) in [4.78, 5) is 0.267. The molecule has 4 nitrogen and oxygen atoms in total. The van der Waals surface area contributed by atoms with Crippen molar-refractivity contribution in [3.05, 3.63) is 23.8 Å². The van der Waals surface area contributed by atoms with Crippen molar-refractivity contribution in [2.75, 3.05) is 11.1 Å². The van der Waals surface area contributed by atoms with Crippen LogP contribution in [0, 0.1) is 5.92 Å². The van der Waals surface area contributed by atoms with Crippen molar-refractivity contribution in [2.24, 2.45) is 10.3 Å². The zero-order valence-electron chi connectivity index (χ0n) is 13.1. The number of hydrogen-bond donors (Lipinski definition) is 1. The van der Waals surface area contributed by atoms with Crippen molar-refractivity contribution in [1.82, 2.24) is 0 Å². The predicted octanol–water partition coefficient (Wildman–Crippen LogP) is 3.84. The van der Waals surface area contributed by atoms with Gasteiger partial charge in [-0.2, -0.15) is 8.42 Å². The quantitative estimate of drug-likeness (QED) is 0.897. The van der Waals surface area contributed by atoms with E-state index in [-0.39, 0.29) is 10.3 Å². The Morgan fingerprint density at radius 1 is 1.29 bits per heavy atom. The average Bonchev–Trinajstić information content (AvgIpc) is 2.34. The van der Waals surface area contributed by atoms with Crippen LogP contribution in [-0.2, 0) is 15.4 Å². The second-order valence-corrected chi connectivity index (χ2v) is 9.24. The molecule has 0 aromatic heterocycles. The first-order chi connectivity index (χ1) is 9.59. The molecule has 1 aromatic rings. The highest BCUT2D eigenvalue weighted by atomic mass is 32.2. The summed E-state index contributed by atoms with van der Waals surface area (Å²) in [6.07, 6.45) is 0. The number of nitrogens with zero attached hydrogens (tertiary/aromatic N) is 1. The van der Waals surface area contributed by atoms with Crippen molar-refractivity contribution < 1.29 is 8.42 Å². The highest BCUT2D eigenvalue weighted by Crippen LogP contribution is 2.34. The molecule has 6 heteroatoms. The smallest absolute Gasteiger partial charge is 0.286 e. The summed E-state index contributed by atoms with van der Waals surface area (Å²) in [6.45, 7) is 10.4. The zero-order chi connectivity index (χ0) is 15.8. The number of fused-ring (bicyclic) bond motifs is 1. The fourth-order valence-electron chi connectivity index (χ4n) is 1.91. The van der Waals surface area contributed by atoms with Crippen LogP contribution >= 0.6 is 11.8 Å². The molecule has 116 valence electrons. The van der Waals surface area contributed by atoms with Gasteiger partial charge in [0.25, 0.3) is 10.0 Å². The van der Waals surface area contributed by atoms with E-state index >= 15 is 0 Å². The number of anilines is 1. The maximum absolute atomic E-state index is 12.4. The van der Waals surface area contributed by atoms with Crippen molar-refractivity contribution in [2.45, 2.75) is 44.9 Å². The van der Waals surface area contributed by atoms with Gasteiger partial charge in [0.1, 0.15) is 4.90 Å². The largest absolute Gasteiger partial charge is 0.333 e. The maximum atomic E-state index is 12.4. The normalized spacial score (nSPS) is 17.1. The lowest BCUT2D eigenvalue weighted by Crippen LogP contribution is -2.21. The SMILES string of the molecule is CC(C)CSC1=NS(=O)(=O)c2cc(C(C)(C)C)ccc2N1. The summed E-state index contributed by atoms with van der Waals surface area (Å²) in [6, 6.07) is 5.53. The third kappa shape index (κ3) is 3.80. The Balaban J connectivity index is 2.38. The number of benzene rings is 1. The van der Waals surface area contributed by atoms with E-state index in [1.165, 1.54) is 11.8 Å². The first-order valence-electron chi connectivity index (χ1n) is 6.99. The van der Waals surface area contributed by atoms with Crippen LogP contribution in [0.5, 0.6) is 0 Å². The van der Waals surface area contributed by atoms with E-state index in [2.05, 4.69) is 44.3 Å². The van der Waals surface area contributed by atoms with Gasteiger partial charge in [-0.25, -0.2) is 0 Å².